The van der Waals surface area contributed by atoms with E-state index in [9.17, 15) is 8.42 Å². The van der Waals surface area contributed by atoms with Crippen molar-refractivity contribution in [2.75, 3.05) is 41.9 Å². The number of aromatic nitrogens is 3. The van der Waals surface area contributed by atoms with Crippen LogP contribution in [0.3, 0.4) is 0 Å². The van der Waals surface area contributed by atoms with Crippen LogP contribution >= 0.6 is 11.5 Å². The van der Waals surface area contributed by atoms with Crippen LogP contribution in [0.15, 0.2) is 53.4 Å². The van der Waals surface area contributed by atoms with E-state index in [1.807, 2.05) is 39.0 Å². The summed E-state index contributed by atoms with van der Waals surface area (Å²) in [5, 5.41) is 5.60. The summed E-state index contributed by atoms with van der Waals surface area (Å²) in [4.78, 5) is 5.15. The number of sulfonamides is 1. The van der Waals surface area contributed by atoms with Gasteiger partial charge in [0, 0.05) is 51.2 Å². The Hall–Kier alpha value is -2.95. The summed E-state index contributed by atoms with van der Waals surface area (Å²) in [6, 6.07) is 16.1. The van der Waals surface area contributed by atoms with E-state index in [2.05, 4.69) is 45.2 Å². The van der Waals surface area contributed by atoms with Crippen molar-refractivity contribution in [1.29, 1.82) is 0 Å². The van der Waals surface area contributed by atoms with Crippen molar-refractivity contribution in [3.63, 3.8) is 0 Å². The van der Waals surface area contributed by atoms with E-state index in [4.69, 9.17) is 4.37 Å². The van der Waals surface area contributed by atoms with E-state index in [0.29, 0.717) is 16.3 Å². The summed E-state index contributed by atoms with van der Waals surface area (Å²) in [5.41, 5.74) is 2.96. The molecule has 0 atom stereocenters. The third-order valence-electron chi connectivity index (χ3n) is 7.39. The van der Waals surface area contributed by atoms with Gasteiger partial charge in [0.05, 0.1) is 21.8 Å². The van der Waals surface area contributed by atoms with Crippen molar-refractivity contribution in [2.45, 2.75) is 45.1 Å². The molecule has 0 bridgehead atoms. The van der Waals surface area contributed by atoms with Crippen LogP contribution < -0.4 is 9.21 Å². The van der Waals surface area contributed by atoms with Gasteiger partial charge in [0.2, 0.25) is 0 Å². The van der Waals surface area contributed by atoms with E-state index >= 15 is 0 Å². The van der Waals surface area contributed by atoms with Gasteiger partial charge in [-0.15, -0.1) is 0 Å². The molecule has 0 saturated carbocycles. The lowest BCUT2D eigenvalue weighted by atomic mass is 10.1. The summed E-state index contributed by atoms with van der Waals surface area (Å²) < 4.78 is 37.1. The lowest BCUT2D eigenvalue weighted by molar-refractivity contribution is 0.261. The highest BCUT2D eigenvalue weighted by Gasteiger charge is 2.34. The molecule has 1 fully saturated rings. The smallest absolute Gasteiger partial charge is 0.268 e. The molecule has 1 saturated heterocycles. The number of benzene rings is 2. The Morgan fingerprint density at radius 2 is 1.68 bits per heavy atom. The summed E-state index contributed by atoms with van der Waals surface area (Å²) in [7, 11) is -2.00. The van der Waals surface area contributed by atoms with Crippen molar-refractivity contribution < 1.29 is 8.42 Å². The molecule has 2 aromatic heterocycles. The van der Waals surface area contributed by atoms with Gasteiger partial charge in [0.1, 0.15) is 10.7 Å². The Morgan fingerprint density at radius 3 is 2.37 bits per heavy atom. The van der Waals surface area contributed by atoms with Crippen molar-refractivity contribution in [2.24, 2.45) is 7.05 Å². The van der Waals surface area contributed by atoms with Crippen LogP contribution in [-0.4, -0.2) is 66.2 Å². The standard InChI is InChI=1S/C28H36N6O2S2/c1-20(2)34(38(35,36)27-21(3)29-31(5)22(27)4)25-12-8-6-10-23(25)14-15-32-16-18-33(19-17-32)28-24-11-7-9-13-26(24)37-30-28/h6-13,20H,14-19H2,1-5H3. The molecule has 3 heterocycles. The third kappa shape index (κ3) is 4.92. The van der Waals surface area contributed by atoms with Gasteiger partial charge >= 0.3 is 0 Å². The number of hydrogen-bond donors (Lipinski definition) is 0. The molecule has 4 aromatic rings. The summed E-state index contributed by atoms with van der Waals surface area (Å²) in [5.74, 6) is 1.09. The van der Waals surface area contributed by atoms with Gasteiger partial charge in [-0.1, -0.05) is 30.3 Å². The quantitative estimate of drug-likeness (QED) is 0.318. The maximum atomic E-state index is 14.0. The normalized spacial score (nSPS) is 15.1. The van der Waals surface area contributed by atoms with Gasteiger partial charge in [0.25, 0.3) is 10.0 Å². The van der Waals surface area contributed by atoms with E-state index in [1.54, 1.807) is 34.5 Å². The van der Waals surface area contributed by atoms with Crippen LogP contribution in [0, 0.1) is 13.8 Å². The van der Waals surface area contributed by atoms with Crippen LogP contribution in [0.5, 0.6) is 0 Å². The average molecular weight is 553 g/mol. The summed E-state index contributed by atoms with van der Waals surface area (Å²) in [6.45, 7) is 12.1. The van der Waals surface area contributed by atoms with Gasteiger partial charge in [-0.2, -0.15) is 9.47 Å². The first-order valence-electron chi connectivity index (χ1n) is 13.1. The number of nitrogens with zero attached hydrogens (tertiary/aromatic N) is 6. The minimum absolute atomic E-state index is 0.239. The fourth-order valence-corrected chi connectivity index (χ4v) is 8.31. The van der Waals surface area contributed by atoms with Gasteiger partial charge in [-0.3, -0.25) is 13.9 Å². The predicted octanol–water partition coefficient (Wildman–Crippen LogP) is 4.62. The Balaban J connectivity index is 1.31. The Bertz CT molecular complexity index is 1530. The highest BCUT2D eigenvalue weighted by molar-refractivity contribution is 7.93. The molecule has 0 amide bonds. The van der Waals surface area contributed by atoms with E-state index in [-0.39, 0.29) is 6.04 Å². The van der Waals surface area contributed by atoms with Crippen molar-refractivity contribution in [3.05, 3.63) is 65.5 Å². The van der Waals surface area contributed by atoms with E-state index < -0.39 is 10.0 Å². The Morgan fingerprint density at radius 1 is 1.00 bits per heavy atom. The molecule has 1 aliphatic heterocycles. The fourth-order valence-electron chi connectivity index (χ4n) is 5.41. The number of rotatable bonds is 8. The van der Waals surface area contributed by atoms with Crippen molar-refractivity contribution in [1.82, 2.24) is 19.1 Å². The second-order valence-electron chi connectivity index (χ2n) is 10.2. The molecule has 0 spiro atoms. The van der Waals surface area contributed by atoms with Crippen LogP contribution in [0.2, 0.25) is 0 Å². The molecule has 38 heavy (non-hydrogen) atoms. The molecule has 10 heteroatoms. The molecule has 202 valence electrons. The number of piperazine rings is 1. The molecule has 1 aliphatic rings. The van der Waals surface area contributed by atoms with Crippen molar-refractivity contribution in [3.8, 4) is 0 Å². The first-order chi connectivity index (χ1) is 18.2. The lowest BCUT2D eigenvalue weighted by Crippen LogP contribution is -2.47. The fraction of sp³-hybridized carbons (Fsp3) is 0.429. The first kappa shape index (κ1) is 26.6. The molecule has 5 rings (SSSR count). The third-order valence-corrected chi connectivity index (χ3v) is 10.4. The number of anilines is 2. The van der Waals surface area contributed by atoms with Crippen LogP contribution in [-0.2, 0) is 23.5 Å². The maximum absolute atomic E-state index is 14.0. The second-order valence-corrected chi connectivity index (χ2v) is 12.8. The summed E-state index contributed by atoms with van der Waals surface area (Å²) in [6.07, 6.45) is 0.777. The van der Waals surface area contributed by atoms with Crippen LogP contribution in [0.25, 0.3) is 10.1 Å². The highest BCUT2D eigenvalue weighted by Crippen LogP contribution is 2.33. The zero-order chi connectivity index (χ0) is 27.0. The highest BCUT2D eigenvalue weighted by atomic mass is 32.2. The molecular weight excluding hydrogens is 516 g/mol. The zero-order valence-corrected chi connectivity index (χ0v) is 24.4. The minimum atomic E-state index is -3.79. The minimum Gasteiger partial charge on any atom is -0.353 e. The second kappa shape index (κ2) is 10.7. The van der Waals surface area contributed by atoms with Gasteiger partial charge < -0.3 is 4.90 Å². The molecule has 0 unspecified atom stereocenters. The number of hydrogen-bond acceptors (Lipinski definition) is 7. The largest absolute Gasteiger partial charge is 0.353 e. The molecule has 8 nitrogen and oxygen atoms in total. The maximum Gasteiger partial charge on any atom is 0.268 e. The van der Waals surface area contributed by atoms with Gasteiger partial charge in [-0.25, -0.2) is 8.42 Å². The summed E-state index contributed by atoms with van der Waals surface area (Å²) >= 11 is 1.56. The topological polar surface area (TPSA) is 74.6 Å². The molecule has 0 radical (unpaired) electrons. The lowest BCUT2D eigenvalue weighted by Gasteiger charge is -2.35. The molecule has 2 aromatic carbocycles. The van der Waals surface area contributed by atoms with Crippen LogP contribution in [0.1, 0.15) is 30.8 Å². The first-order valence-corrected chi connectivity index (χ1v) is 15.3. The van der Waals surface area contributed by atoms with Crippen molar-refractivity contribution >= 4 is 43.1 Å². The predicted molar refractivity (Wildman–Crippen MR) is 156 cm³/mol. The molecular formula is C28H36N6O2S2. The van der Waals surface area contributed by atoms with Crippen LogP contribution in [0.4, 0.5) is 11.5 Å². The van der Waals surface area contributed by atoms with Gasteiger partial charge in [0.15, 0.2) is 0 Å². The molecule has 0 N–H and O–H groups in total. The molecule has 0 aliphatic carbocycles. The monoisotopic (exact) mass is 552 g/mol. The zero-order valence-electron chi connectivity index (χ0n) is 22.8. The van der Waals surface area contributed by atoms with Gasteiger partial charge in [-0.05, 0) is 69.4 Å². The van der Waals surface area contributed by atoms with E-state index in [0.717, 1.165) is 56.2 Å². The average Bonchev–Trinajstić information content (AvgIpc) is 3.43. The van der Waals surface area contributed by atoms with E-state index in [1.165, 1.54) is 10.1 Å². The Kier molecular flexibility index (Phi) is 7.48. The number of para-hydroxylation sites is 1. The number of fused-ring (bicyclic) bond motifs is 1. The number of aryl methyl sites for hydroxylation is 2. The Labute approximate surface area is 229 Å². The SMILES string of the molecule is Cc1nn(C)c(C)c1S(=O)(=O)N(c1ccccc1CCN1CCN(c2nsc3ccccc23)CC1)C(C)C.